The van der Waals surface area contributed by atoms with Crippen molar-refractivity contribution in [1.82, 2.24) is 0 Å². The Balaban J connectivity index is 2.68. The van der Waals surface area contributed by atoms with Gasteiger partial charge in [0.25, 0.3) is 0 Å². The summed E-state index contributed by atoms with van der Waals surface area (Å²) < 4.78 is 0. The maximum atomic E-state index is 2.42. The van der Waals surface area contributed by atoms with E-state index in [2.05, 4.69) is 27.6 Å². The molecule has 0 nitrogen and oxygen atoms in total. The van der Waals surface area contributed by atoms with Gasteiger partial charge in [-0.2, -0.15) is 0 Å². The van der Waals surface area contributed by atoms with Crippen LogP contribution in [-0.2, 0) is 0 Å². The van der Waals surface area contributed by atoms with Crippen LogP contribution in [0.3, 0.4) is 0 Å². The number of hydrogen-bond acceptors (Lipinski definition) is 1. The van der Waals surface area contributed by atoms with Gasteiger partial charge in [0.05, 0.1) is 0 Å². The Bertz CT molecular complexity index is 37.1. The molecule has 0 bridgehead atoms. The molecule has 0 aliphatic rings. The van der Waals surface area contributed by atoms with E-state index in [4.69, 9.17) is 0 Å². The molecular formula is C5H13GaS. The summed E-state index contributed by atoms with van der Waals surface area (Å²) in [4.78, 5) is 0. The Morgan fingerprint density at radius 1 is 1.43 bits per heavy atom. The first-order valence-electron chi connectivity index (χ1n) is 2.89. The molecule has 0 saturated carbocycles. The minimum atomic E-state index is -0.653. The van der Waals surface area contributed by atoms with Crippen LogP contribution in [0.25, 0.3) is 0 Å². The molecule has 0 saturated heterocycles. The summed E-state index contributed by atoms with van der Waals surface area (Å²) >= 11 is -0.653. The van der Waals surface area contributed by atoms with Crippen LogP contribution < -0.4 is 0 Å². The van der Waals surface area contributed by atoms with E-state index in [1.54, 1.807) is 0 Å². The molecule has 0 atom stereocenters. The molecule has 0 spiro atoms. The Morgan fingerprint density at radius 3 is 2.14 bits per heavy atom. The fourth-order valence-corrected chi connectivity index (χ4v) is 5.51. The third-order valence-corrected chi connectivity index (χ3v) is 7.65. The standard InChI is InChI=1S/C3H8S.2CH3.Ga/c1-2-3-4;;;/h4H,2-3H2,1H3;2*1H3;/q;;;+1/p-1. The van der Waals surface area contributed by atoms with Crippen LogP contribution >= 0.6 is 9.70 Å². The van der Waals surface area contributed by atoms with Crippen LogP contribution in [0.4, 0.5) is 0 Å². The van der Waals surface area contributed by atoms with E-state index in [1.807, 2.05) is 0 Å². The van der Waals surface area contributed by atoms with Crippen molar-refractivity contribution in [3.05, 3.63) is 0 Å². The molecule has 0 unspecified atom stereocenters. The van der Waals surface area contributed by atoms with E-state index < -0.39 is 15.0 Å². The average molecular weight is 175 g/mol. The fraction of sp³-hybridized carbons (Fsp3) is 1.00. The summed E-state index contributed by atoms with van der Waals surface area (Å²) in [6, 6.07) is 0. The SMILES string of the molecule is CCC[S][Ga]([CH3])[CH3]. The third-order valence-electron chi connectivity index (χ3n) is 0.655. The molecule has 0 rings (SSSR count). The van der Waals surface area contributed by atoms with Crippen molar-refractivity contribution in [3.63, 3.8) is 0 Å². The van der Waals surface area contributed by atoms with E-state index in [0.29, 0.717) is 0 Å². The molecule has 0 heterocycles. The summed E-state index contributed by atoms with van der Waals surface area (Å²) in [5.74, 6) is 1.40. The van der Waals surface area contributed by atoms with Gasteiger partial charge in [-0.1, -0.05) is 0 Å². The van der Waals surface area contributed by atoms with Crippen molar-refractivity contribution in [2.45, 2.75) is 24.3 Å². The topological polar surface area (TPSA) is 0 Å². The molecule has 0 aromatic carbocycles. The zero-order valence-corrected chi connectivity index (χ0v) is 8.64. The molecule has 0 aromatic heterocycles. The van der Waals surface area contributed by atoms with E-state index in [9.17, 15) is 0 Å². The quantitative estimate of drug-likeness (QED) is 0.593. The van der Waals surface area contributed by atoms with Gasteiger partial charge in [-0.25, -0.2) is 0 Å². The van der Waals surface area contributed by atoms with Crippen LogP contribution in [0.1, 0.15) is 13.3 Å². The first-order chi connectivity index (χ1) is 3.27. The summed E-state index contributed by atoms with van der Waals surface area (Å²) in [6.45, 7) is 2.25. The summed E-state index contributed by atoms with van der Waals surface area (Å²) in [5, 5.41) is 0. The van der Waals surface area contributed by atoms with Crippen LogP contribution in [0.5, 0.6) is 0 Å². The fourth-order valence-electron chi connectivity index (χ4n) is 0.354. The molecular weight excluding hydrogens is 162 g/mol. The molecule has 2 heteroatoms. The second-order valence-corrected chi connectivity index (χ2v) is 14.1. The first kappa shape index (κ1) is 7.99. The van der Waals surface area contributed by atoms with Crippen molar-refractivity contribution in [1.29, 1.82) is 0 Å². The molecule has 0 aromatic rings. The van der Waals surface area contributed by atoms with Crippen LogP contribution in [0, 0.1) is 0 Å². The van der Waals surface area contributed by atoms with Crippen LogP contribution in [0.15, 0.2) is 0 Å². The first-order valence-corrected chi connectivity index (χ1v) is 11.7. The minimum absolute atomic E-state index is 0.653. The molecule has 0 radical (unpaired) electrons. The predicted molar refractivity (Wildman–Crippen MR) is 40.2 cm³/mol. The van der Waals surface area contributed by atoms with Crippen molar-refractivity contribution >= 4 is 24.7 Å². The van der Waals surface area contributed by atoms with Crippen molar-refractivity contribution in [2.75, 3.05) is 5.75 Å². The molecule has 0 amide bonds. The Hall–Kier alpha value is 0.986. The summed E-state index contributed by atoms with van der Waals surface area (Å²) in [7, 11) is 2.22. The molecule has 0 aliphatic heterocycles. The molecule has 0 N–H and O–H groups in total. The van der Waals surface area contributed by atoms with Gasteiger partial charge < -0.3 is 0 Å². The third kappa shape index (κ3) is 6.99. The van der Waals surface area contributed by atoms with Gasteiger partial charge in [0, 0.05) is 0 Å². The normalized spacial score (nSPS) is 9.00. The van der Waals surface area contributed by atoms with E-state index in [-0.39, 0.29) is 0 Å². The maximum absolute atomic E-state index is 2.42. The van der Waals surface area contributed by atoms with Gasteiger partial charge in [0.1, 0.15) is 0 Å². The van der Waals surface area contributed by atoms with Gasteiger partial charge in [0.2, 0.25) is 0 Å². The van der Waals surface area contributed by atoms with Crippen molar-refractivity contribution in [2.24, 2.45) is 0 Å². The monoisotopic (exact) mass is 174 g/mol. The van der Waals surface area contributed by atoms with Crippen molar-refractivity contribution < 1.29 is 0 Å². The van der Waals surface area contributed by atoms with Crippen LogP contribution in [-0.4, -0.2) is 20.7 Å². The van der Waals surface area contributed by atoms with E-state index >= 15 is 0 Å². The summed E-state index contributed by atoms with van der Waals surface area (Å²) in [6.07, 6.45) is 1.36. The molecule has 42 valence electrons. The molecule has 0 aliphatic carbocycles. The second-order valence-electron chi connectivity index (χ2n) is 1.92. The second kappa shape index (κ2) is 5.13. The molecule has 0 fully saturated rings. The Kier molecular flexibility index (Phi) is 5.85. The predicted octanol–water partition coefficient (Wildman–Crippen LogP) is 2.38. The Labute approximate surface area is 54.9 Å². The zero-order valence-electron chi connectivity index (χ0n) is 5.40. The van der Waals surface area contributed by atoms with E-state index in [0.717, 1.165) is 0 Å². The molecule has 7 heavy (non-hydrogen) atoms. The van der Waals surface area contributed by atoms with Gasteiger partial charge in [-0.3, -0.25) is 0 Å². The average Bonchev–Trinajstić information content (AvgIpc) is 1.61. The number of rotatable bonds is 3. The summed E-state index contributed by atoms with van der Waals surface area (Å²) in [5.41, 5.74) is 4.85. The van der Waals surface area contributed by atoms with Crippen LogP contribution in [0.2, 0.25) is 11.0 Å². The van der Waals surface area contributed by atoms with Crippen molar-refractivity contribution in [3.8, 4) is 0 Å². The van der Waals surface area contributed by atoms with Gasteiger partial charge in [-0.15, -0.1) is 0 Å². The van der Waals surface area contributed by atoms with E-state index in [1.165, 1.54) is 12.2 Å². The number of hydrogen-bond donors (Lipinski definition) is 0. The van der Waals surface area contributed by atoms with Gasteiger partial charge >= 0.3 is 54.7 Å². The van der Waals surface area contributed by atoms with Gasteiger partial charge in [-0.05, 0) is 0 Å². The Morgan fingerprint density at radius 2 is 2.00 bits per heavy atom. The van der Waals surface area contributed by atoms with Gasteiger partial charge in [0.15, 0.2) is 0 Å². The zero-order chi connectivity index (χ0) is 5.70.